The Kier molecular flexibility index (Phi) is 3.28. The second-order valence-electron chi connectivity index (χ2n) is 3.60. The maximum Gasteiger partial charge on any atom is 0.304 e. The quantitative estimate of drug-likeness (QED) is 0.473. The first-order chi connectivity index (χ1) is 8.15. The lowest BCUT2D eigenvalue weighted by Gasteiger charge is -2.06. The molecule has 5 heteroatoms. The molecule has 0 aliphatic carbocycles. The van der Waals surface area contributed by atoms with E-state index in [-0.39, 0.29) is 10.6 Å². The number of hydrogen-bond donors (Lipinski definition) is 0. The summed E-state index contributed by atoms with van der Waals surface area (Å²) in [5.41, 5.74) is 1.64. The fraction of sp³-hybridized carbons (Fsp3) is 0.250. The number of nitro groups is 1. The Morgan fingerprint density at radius 1 is 1.41 bits per heavy atom. The molecule has 2 rings (SSSR count). The molecule has 0 spiro atoms. The van der Waals surface area contributed by atoms with Crippen LogP contribution >= 0.6 is 11.8 Å². The number of para-hydroxylation sites is 1. The predicted molar refractivity (Wildman–Crippen MR) is 69.5 cm³/mol. The molecule has 0 aliphatic rings. The Hall–Kier alpha value is -1.62. The number of nitrogens with zero attached hydrogens (tertiary/aromatic N) is 2. The van der Waals surface area contributed by atoms with Gasteiger partial charge in [0.2, 0.25) is 0 Å². The van der Waals surface area contributed by atoms with Crippen LogP contribution in [0.5, 0.6) is 0 Å². The first-order valence-corrected chi connectivity index (χ1v) is 6.30. The Balaban J connectivity index is 2.79. The van der Waals surface area contributed by atoms with Gasteiger partial charge in [-0.25, -0.2) is 4.98 Å². The van der Waals surface area contributed by atoms with Gasteiger partial charge in [0.15, 0.2) is 5.03 Å². The summed E-state index contributed by atoms with van der Waals surface area (Å²) in [6.45, 7) is 3.74. The van der Waals surface area contributed by atoms with Crippen molar-refractivity contribution in [3.05, 3.63) is 39.9 Å². The molecule has 2 aromatic rings. The number of hydrogen-bond acceptors (Lipinski definition) is 4. The molecule has 1 aromatic heterocycles. The van der Waals surface area contributed by atoms with Crippen LogP contribution in [-0.4, -0.2) is 15.7 Å². The summed E-state index contributed by atoms with van der Waals surface area (Å²) < 4.78 is 0. The third-order valence-electron chi connectivity index (χ3n) is 2.55. The molecule has 0 atom stereocenters. The summed E-state index contributed by atoms with van der Waals surface area (Å²) in [6.07, 6.45) is 0. The first-order valence-electron chi connectivity index (χ1n) is 5.31. The van der Waals surface area contributed by atoms with Crippen LogP contribution < -0.4 is 0 Å². The van der Waals surface area contributed by atoms with Crippen LogP contribution in [0.15, 0.2) is 29.3 Å². The van der Waals surface area contributed by atoms with Crippen LogP contribution in [-0.2, 0) is 0 Å². The van der Waals surface area contributed by atoms with E-state index in [4.69, 9.17) is 0 Å². The molecule has 0 radical (unpaired) electrons. The van der Waals surface area contributed by atoms with Crippen molar-refractivity contribution in [2.75, 3.05) is 5.75 Å². The van der Waals surface area contributed by atoms with Crippen molar-refractivity contribution in [3.63, 3.8) is 0 Å². The maximum absolute atomic E-state index is 11.1. The van der Waals surface area contributed by atoms with Gasteiger partial charge in [-0.15, -0.1) is 0 Å². The minimum absolute atomic E-state index is 0.135. The zero-order valence-electron chi connectivity index (χ0n) is 9.64. The average Bonchev–Trinajstić information content (AvgIpc) is 2.29. The molecule has 0 aliphatic heterocycles. The number of pyridine rings is 1. The number of aromatic nitrogens is 1. The highest BCUT2D eigenvalue weighted by atomic mass is 32.2. The summed E-state index contributed by atoms with van der Waals surface area (Å²) in [5, 5.41) is 12.5. The number of rotatable bonds is 3. The lowest BCUT2D eigenvalue weighted by atomic mass is 10.1. The second-order valence-corrected chi connectivity index (χ2v) is 4.85. The van der Waals surface area contributed by atoms with Gasteiger partial charge in [-0.2, -0.15) is 0 Å². The van der Waals surface area contributed by atoms with Gasteiger partial charge in [0.05, 0.1) is 10.4 Å². The van der Waals surface area contributed by atoms with Gasteiger partial charge in [-0.3, -0.25) is 10.1 Å². The summed E-state index contributed by atoms with van der Waals surface area (Å²) in [7, 11) is 0. The van der Waals surface area contributed by atoms with Crippen molar-refractivity contribution in [3.8, 4) is 0 Å². The Labute approximate surface area is 103 Å². The molecule has 0 saturated heterocycles. The largest absolute Gasteiger partial charge is 0.304 e. The van der Waals surface area contributed by atoms with Gasteiger partial charge >= 0.3 is 5.69 Å². The van der Waals surface area contributed by atoms with E-state index in [2.05, 4.69) is 4.98 Å². The molecule has 1 heterocycles. The number of aryl methyl sites for hydroxylation is 1. The fourth-order valence-electron chi connectivity index (χ4n) is 1.79. The van der Waals surface area contributed by atoms with Gasteiger partial charge in [-0.1, -0.05) is 36.9 Å². The van der Waals surface area contributed by atoms with Gasteiger partial charge in [-0.05, 0) is 18.7 Å². The van der Waals surface area contributed by atoms with Crippen LogP contribution in [0.3, 0.4) is 0 Å². The average molecular weight is 248 g/mol. The summed E-state index contributed by atoms with van der Waals surface area (Å²) >= 11 is 1.41. The molecule has 0 N–H and O–H groups in total. The first kappa shape index (κ1) is 11.9. The second kappa shape index (κ2) is 4.71. The third-order valence-corrected chi connectivity index (χ3v) is 3.40. The van der Waals surface area contributed by atoms with Gasteiger partial charge < -0.3 is 0 Å². The Morgan fingerprint density at radius 2 is 2.12 bits per heavy atom. The molecule has 0 bridgehead atoms. The van der Waals surface area contributed by atoms with E-state index in [0.29, 0.717) is 10.6 Å². The van der Waals surface area contributed by atoms with Crippen molar-refractivity contribution in [1.29, 1.82) is 0 Å². The van der Waals surface area contributed by atoms with E-state index >= 15 is 0 Å². The van der Waals surface area contributed by atoms with Gasteiger partial charge in [0.25, 0.3) is 0 Å². The molecule has 0 unspecified atom stereocenters. The molecule has 0 fully saturated rings. The minimum atomic E-state index is -0.341. The van der Waals surface area contributed by atoms with Crippen molar-refractivity contribution >= 4 is 28.4 Å². The van der Waals surface area contributed by atoms with E-state index in [1.54, 1.807) is 6.92 Å². The normalized spacial score (nSPS) is 10.7. The molecule has 1 aromatic carbocycles. The predicted octanol–water partition coefficient (Wildman–Crippen LogP) is 3.56. The third kappa shape index (κ3) is 2.10. The van der Waals surface area contributed by atoms with Crippen LogP contribution in [0.2, 0.25) is 0 Å². The van der Waals surface area contributed by atoms with Crippen LogP contribution in [0.25, 0.3) is 10.9 Å². The molecule has 88 valence electrons. The molecular weight excluding hydrogens is 236 g/mol. The number of thioether (sulfide) groups is 1. The van der Waals surface area contributed by atoms with Crippen molar-refractivity contribution in [2.45, 2.75) is 18.9 Å². The molecule has 4 nitrogen and oxygen atoms in total. The Morgan fingerprint density at radius 3 is 2.76 bits per heavy atom. The van der Waals surface area contributed by atoms with E-state index in [1.165, 1.54) is 11.8 Å². The zero-order valence-corrected chi connectivity index (χ0v) is 10.5. The monoisotopic (exact) mass is 248 g/mol. The van der Waals surface area contributed by atoms with Crippen LogP contribution in [0, 0.1) is 17.0 Å². The number of benzene rings is 1. The zero-order chi connectivity index (χ0) is 12.4. The fourth-order valence-corrected chi connectivity index (χ4v) is 2.59. The van der Waals surface area contributed by atoms with E-state index in [1.807, 2.05) is 31.2 Å². The van der Waals surface area contributed by atoms with E-state index in [9.17, 15) is 10.1 Å². The Bertz CT molecular complexity index is 584. The SMILES string of the molecule is CCSc1nc2ccccc2c(C)c1[N+](=O)[O-]. The molecule has 17 heavy (non-hydrogen) atoms. The van der Waals surface area contributed by atoms with Crippen molar-refractivity contribution in [2.24, 2.45) is 0 Å². The maximum atomic E-state index is 11.1. The summed E-state index contributed by atoms with van der Waals surface area (Å²) in [4.78, 5) is 15.1. The van der Waals surface area contributed by atoms with Gasteiger partial charge in [0.1, 0.15) is 0 Å². The van der Waals surface area contributed by atoms with Crippen molar-refractivity contribution < 1.29 is 4.92 Å². The van der Waals surface area contributed by atoms with Gasteiger partial charge in [0, 0.05) is 10.9 Å². The molecular formula is C12H12N2O2S. The topological polar surface area (TPSA) is 56.0 Å². The smallest absolute Gasteiger partial charge is 0.258 e. The lowest BCUT2D eigenvalue weighted by molar-refractivity contribution is -0.388. The standard InChI is InChI=1S/C12H12N2O2S/c1-3-17-12-11(14(15)16)8(2)9-6-4-5-7-10(9)13-12/h4-7H,3H2,1-2H3. The van der Waals surface area contributed by atoms with Crippen molar-refractivity contribution in [1.82, 2.24) is 4.98 Å². The number of fused-ring (bicyclic) bond motifs is 1. The van der Waals surface area contributed by atoms with Crippen LogP contribution in [0.4, 0.5) is 5.69 Å². The molecule has 0 amide bonds. The lowest BCUT2D eigenvalue weighted by Crippen LogP contribution is -1.98. The highest BCUT2D eigenvalue weighted by Crippen LogP contribution is 2.34. The van der Waals surface area contributed by atoms with E-state index in [0.717, 1.165) is 16.7 Å². The highest BCUT2D eigenvalue weighted by molar-refractivity contribution is 7.99. The van der Waals surface area contributed by atoms with E-state index < -0.39 is 0 Å². The minimum Gasteiger partial charge on any atom is -0.258 e. The summed E-state index contributed by atoms with van der Waals surface area (Å²) in [6, 6.07) is 7.51. The summed E-state index contributed by atoms with van der Waals surface area (Å²) in [5.74, 6) is 0.769. The molecule has 0 saturated carbocycles. The van der Waals surface area contributed by atoms with Crippen LogP contribution in [0.1, 0.15) is 12.5 Å². The highest BCUT2D eigenvalue weighted by Gasteiger charge is 2.21.